The number of ketones is 1. The summed E-state index contributed by atoms with van der Waals surface area (Å²) < 4.78 is 5.42. The number of ether oxygens (including phenoxy) is 1. The molecule has 0 aromatic heterocycles. The largest absolute Gasteiger partial charge is 0.494 e. The Balaban J connectivity index is 2.05. The van der Waals surface area contributed by atoms with Gasteiger partial charge >= 0.3 is 0 Å². The third-order valence-corrected chi connectivity index (χ3v) is 3.91. The zero-order valence-corrected chi connectivity index (χ0v) is 11.3. The number of benzene rings is 1. The molecule has 0 amide bonds. The van der Waals surface area contributed by atoms with Crippen molar-refractivity contribution in [1.29, 1.82) is 0 Å². The molecular weight excluding hydrogens is 224 g/mol. The Kier molecular flexibility index (Phi) is 4.40. The molecule has 0 saturated heterocycles. The third kappa shape index (κ3) is 2.92. The molecule has 1 aromatic carbocycles. The Morgan fingerprint density at radius 2 is 1.89 bits per heavy atom. The molecule has 1 fully saturated rings. The van der Waals surface area contributed by atoms with Gasteiger partial charge in [-0.2, -0.15) is 0 Å². The predicted octanol–water partition coefficient (Wildman–Crippen LogP) is 3.95. The first kappa shape index (κ1) is 13.1. The van der Waals surface area contributed by atoms with Gasteiger partial charge in [0.05, 0.1) is 6.61 Å². The minimum atomic E-state index is 0.114. The van der Waals surface area contributed by atoms with Gasteiger partial charge in [0, 0.05) is 12.3 Å². The average Bonchev–Trinajstić information content (AvgIpc) is 2.40. The van der Waals surface area contributed by atoms with Gasteiger partial charge in [0.15, 0.2) is 0 Å². The van der Waals surface area contributed by atoms with Crippen molar-refractivity contribution < 1.29 is 9.53 Å². The summed E-state index contributed by atoms with van der Waals surface area (Å²) >= 11 is 0. The molecule has 2 rings (SSSR count). The van der Waals surface area contributed by atoms with Crippen LogP contribution in [0.4, 0.5) is 0 Å². The zero-order valence-electron chi connectivity index (χ0n) is 11.3. The number of rotatable bonds is 4. The number of carbonyl (C=O) groups excluding carboxylic acids is 1. The Morgan fingerprint density at radius 1 is 1.17 bits per heavy atom. The summed E-state index contributed by atoms with van der Waals surface area (Å²) in [6, 6.07) is 8.02. The lowest BCUT2D eigenvalue weighted by Crippen LogP contribution is -2.23. The molecule has 2 nitrogen and oxygen atoms in total. The van der Waals surface area contributed by atoms with Crippen LogP contribution in [0.25, 0.3) is 0 Å². The van der Waals surface area contributed by atoms with Crippen molar-refractivity contribution in [3.05, 3.63) is 29.8 Å². The number of Topliss-reactive ketones (excluding diaryl/α,β-unsaturated/α-hetero) is 1. The Bertz CT molecular complexity index is 394. The molecule has 0 bridgehead atoms. The van der Waals surface area contributed by atoms with E-state index in [1.165, 1.54) is 6.42 Å². The molecule has 98 valence electrons. The molecule has 2 heteroatoms. The molecule has 2 unspecified atom stereocenters. The van der Waals surface area contributed by atoms with Crippen LogP contribution in [0.15, 0.2) is 24.3 Å². The minimum Gasteiger partial charge on any atom is -0.494 e. The van der Waals surface area contributed by atoms with Gasteiger partial charge in [-0.25, -0.2) is 0 Å². The molecule has 2 atom stereocenters. The van der Waals surface area contributed by atoms with E-state index in [-0.39, 0.29) is 5.92 Å². The van der Waals surface area contributed by atoms with Crippen LogP contribution < -0.4 is 4.74 Å². The van der Waals surface area contributed by atoms with E-state index in [2.05, 4.69) is 6.92 Å². The van der Waals surface area contributed by atoms with E-state index in [1.807, 2.05) is 31.2 Å². The molecule has 0 aliphatic heterocycles. The maximum Gasteiger partial charge on any atom is 0.140 e. The molecule has 1 aliphatic rings. The quantitative estimate of drug-likeness (QED) is 0.804. The van der Waals surface area contributed by atoms with Crippen molar-refractivity contribution in [2.45, 2.75) is 45.4 Å². The van der Waals surface area contributed by atoms with Gasteiger partial charge in [-0.15, -0.1) is 0 Å². The van der Waals surface area contributed by atoms with Crippen LogP contribution in [-0.2, 0) is 4.79 Å². The molecule has 0 radical (unpaired) electrons. The van der Waals surface area contributed by atoms with Crippen molar-refractivity contribution in [2.24, 2.45) is 5.92 Å². The first-order valence-corrected chi connectivity index (χ1v) is 7.00. The van der Waals surface area contributed by atoms with Gasteiger partial charge in [-0.05, 0) is 43.4 Å². The third-order valence-electron chi connectivity index (χ3n) is 3.91. The molecule has 1 aromatic rings. The van der Waals surface area contributed by atoms with Crippen molar-refractivity contribution in [2.75, 3.05) is 6.61 Å². The maximum atomic E-state index is 12.1. The van der Waals surface area contributed by atoms with E-state index in [1.54, 1.807) is 0 Å². The summed E-state index contributed by atoms with van der Waals surface area (Å²) in [5.41, 5.74) is 1.15. The summed E-state index contributed by atoms with van der Waals surface area (Å²) in [6.45, 7) is 4.83. The van der Waals surface area contributed by atoms with Crippen LogP contribution in [0, 0.1) is 5.92 Å². The second-order valence-corrected chi connectivity index (χ2v) is 5.08. The minimum absolute atomic E-state index is 0.114. The van der Waals surface area contributed by atoms with Gasteiger partial charge in [0.1, 0.15) is 11.5 Å². The highest BCUT2D eigenvalue weighted by Gasteiger charge is 2.28. The number of hydrogen-bond acceptors (Lipinski definition) is 2. The van der Waals surface area contributed by atoms with Crippen molar-refractivity contribution >= 4 is 5.78 Å². The van der Waals surface area contributed by atoms with Crippen LogP contribution in [0.1, 0.15) is 51.0 Å². The van der Waals surface area contributed by atoms with Gasteiger partial charge in [0.2, 0.25) is 0 Å². The summed E-state index contributed by atoms with van der Waals surface area (Å²) in [5, 5.41) is 0. The summed E-state index contributed by atoms with van der Waals surface area (Å²) in [6.07, 6.45) is 4.07. The molecule has 18 heavy (non-hydrogen) atoms. The van der Waals surface area contributed by atoms with Crippen LogP contribution in [0.3, 0.4) is 0 Å². The van der Waals surface area contributed by atoms with Gasteiger partial charge in [-0.3, -0.25) is 4.79 Å². The average molecular weight is 246 g/mol. The van der Waals surface area contributed by atoms with Crippen LogP contribution in [0.2, 0.25) is 0 Å². The zero-order chi connectivity index (χ0) is 13.0. The number of hydrogen-bond donors (Lipinski definition) is 0. The fraction of sp³-hybridized carbons (Fsp3) is 0.562. The molecule has 0 heterocycles. The second-order valence-electron chi connectivity index (χ2n) is 5.08. The van der Waals surface area contributed by atoms with Gasteiger partial charge < -0.3 is 4.74 Å². The molecular formula is C16H22O2. The van der Waals surface area contributed by atoms with Crippen LogP contribution >= 0.6 is 0 Å². The first-order valence-electron chi connectivity index (χ1n) is 7.00. The second kappa shape index (κ2) is 6.03. The molecule has 1 saturated carbocycles. The topological polar surface area (TPSA) is 26.3 Å². The molecule has 0 N–H and O–H groups in total. The smallest absolute Gasteiger partial charge is 0.140 e. The van der Waals surface area contributed by atoms with Crippen molar-refractivity contribution in [3.8, 4) is 5.75 Å². The van der Waals surface area contributed by atoms with Crippen LogP contribution in [-0.4, -0.2) is 12.4 Å². The van der Waals surface area contributed by atoms with Crippen LogP contribution in [0.5, 0.6) is 5.75 Å². The lowest BCUT2D eigenvalue weighted by molar-refractivity contribution is -0.123. The summed E-state index contributed by atoms with van der Waals surface area (Å²) in [4.78, 5) is 12.1. The van der Waals surface area contributed by atoms with E-state index in [0.717, 1.165) is 30.6 Å². The SMILES string of the molecule is CCOc1ccc(C2CCC(CC)CC2=O)cc1. The van der Waals surface area contributed by atoms with E-state index < -0.39 is 0 Å². The van der Waals surface area contributed by atoms with Gasteiger partial charge in [0.25, 0.3) is 0 Å². The fourth-order valence-corrected chi connectivity index (χ4v) is 2.76. The lowest BCUT2D eigenvalue weighted by Gasteiger charge is -2.26. The predicted molar refractivity (Wildman–Crippen MR) is 73.0 cm³/mol. The lowest BCUT2D eigenvalue weighted by atomic mass is 9.77. The normalized spacial score (nSPS) is 24.0. The standard InChI is InChI=1S/C16H22O2/c1-3-12-5-10-15(16(17)11-12)13-6-8-14(9-7-13)18-4-2/h6-9,12,15H,3-5,10-11H2,1-2H3. The highest BCUT2D eigenvalue weighted by molar-refractivity contribution is 5.86. The van der Waals surface area contributed by atoms with Gasteiger partial charge in [-0.1, -0.05) is 25.5 Å². The Hall–Kier alpha value is -1.31. The summed E-state index contributed by atoms with van der Waals surface area (Å²) in [7, 11) is 0. The first-order chi connectivity index (χ1) is 8.74. The monoisotopic (exact) mass is 246 g/mol. The molecule has 1 aliphatic carbocycles. The maximum absolute atomic E-state index is 12.1. The Labute approximate surface area is 109 Å². The van der Waals surface area contributed by atoms with E-state index in [0.29, 0.717) is 18.3 Å². The highest BCUT2D eigenvalue weighted by atomic mass is 16.5. The Morgan fingerprint density at radius 3 is 2.44 bits per heavy atom. The number of carbonyl (C=O) groups is 1. The summed E-state index contributed by atoms with van der Waals surface area (Å²) in [5.74, 6) is 2.02. The van der Waals surface area contributed by atoms with E-state index >= 15 is 0 Å². The van der Waals surface area contributed by atoms with E-state index in [9.17, 15) is 4.79 Å². The van der Waals surface area contributed by atoms with E-state index in [4.69, 9.17) is 4.74 Å². The molecule has 0 spiro atoms. The highest BCUT2D eigenvalue weighted by Crippen LogP contribution is 2.34. The van der Waals surface area contributed by atoms with Crippen molar-refractivity contribution in [1.82, 2.24) is 0 Å². The fourth-order valence-electron chi connectivity index (χ4n) is 2.76. The van der Waals surface area contributed by atoms with Crippen molar-refractivity contribution in [3.63, 3.8) is 0 Å².